The summed E-state index contributed by atoms with van der Waals surface area (Å²) in [6.45, 7) is -0.303. The van der Waals surface area contributed by atoms with E-state index in [1.807, 2.05) is 0 Å². The van der Waals surface area contributed by atoms with Gasteiger partial charge in [0, 0.05) is 12.1 Å². The van der Waals surface area contributed by atoms with Crippen molar-refractivity contribution in [3.8, 4) is 28.4 Å². The lowest BCUT2D eigenvalue weighted by molar-refractivity contribution is -0.152. The van der Waals surface area contributed by atoms with Crippen molar-refractivity contribution >= 4 is 16.9 Å². The Labute approximate surface area is 205 Å². The average Bonchev–Trinajstić information content (AvgIpc) is 2.87. The average molecular weight is 505 g/mol. The van der Waals surface area contributed by atoms with Crippen LogP contribution in [0.3, 0.4) is 0 Å². The normalized spacial score (nSPS) is 14.5. The molecule has 36 heavy (non-hydrogen) atoms. The number of fused-ring (bicyclic) bond motifs is 1. The van der Waals surface area contributed by atoms with Crippen LogP contribution < -0.4 is 25.0 Å². The molecule has 0 aliphatic heterocycles. The molecule has 1 heterocycles. The van der Waals surface area contributed by atoms with Crippen molar-refractivity contribution in [2.45, 2.75) is 44.3 Å². The summed E-state index contributed by atoms with van der Waals surface area (Å²) in [4.78, 5) is 25.4. The first-order valence-electron chi connectivity index (χ1n) is 11.5. The summed E-state index contributed by atoms with van der Waals surface area (Å²) in [5, 5.41) is 2.84. The molecule has 1 aliphatic rings. The number of carbonyl (C=O) groups is 1. The van der Waals surface area contributed by atoms with Crippen molar-refractivity contribution in [1.82, 2.24) is 5.32 Å². The fourth-order valence-corrected chi connectivity index (χ4v) is 4.38. The van der Waals surface area contributed by atoms with Crippen molar-refractivity contribution in [1.29, 1.82) is 0 Å². The van der Waals surface area contributed by atoms with Crippen LogP contribution >= 0.6 is 0 Å². The van der Waals surface area contributed by atoms with Crippen LogP contribution in [0.4, 0.5) is 13.2 Å². The predicted molar refractivity (Wildman–Crippen MR) is 127 cm³/mol. The summed E-state index contributed by atoms with van der Waals surface area (Å²) < 4.78 is 62.9. The smallest absolute Gasteiger partial charge is 0.450 e. The Morgan fingerprint density at radius 3 is 2.42 bits per heavy atom. The lowest BCUT2D eigenvalue weighted by atomic mass is 9.95. The first-order chi connectivity index (χ1) is 17.2. The van der Waals surface area contributed by atoms with Crippen LogP contribution in [-0.4, -0.2) is 32.8 Å². The van der Waals surface area contributed by atoms with Gasteiger partial charge >= 0.3 is 6.18 Å². The number of hydrogen-bond acceptors (Lipinski definition) is 6. The van der Waals surface area contributed by atoms with Crippen LogP contribution in [0.5, 0.6) is 17.2 Å². The Kier molecular flexibility index (Phi) is 7.42. The van der Waals surface area contributed by atoms with Gasteiger partial charge in [-0.1, -0.05) is 25.3 Å². The van der Waals surface area contributed by atoms with E-state index in [-0.39, 0.29) is 46.6 Å². The number of amides is 1. The number of alkyl halides is 3. The standard InChI is InChI=1S/C26H26F3NO6/c1-33-19-11-8-15(12-21(19)34-2)23-24(32)18-10-9-17(13-20(18)36-25(23)26(27,28)29)35-14-22(31)30-16-6-4-3-5-7-16/h8-13,16H,3-7,14H2,1-2H3,(H,30,31). The third kappa shape index (κ3) is 5.42. The molecule has 7 nitrogen and oxygen atoms in total. The maximum atomic E-state index is 14.0. The first kappa shape index (κ1) is 25.4. The van der Waals surface area contributed by atoms with Crippen LogP contribution in [0, 0.1) is 0 Å². The van der Waals surface area contributed by atoms with Gasteiger partial charge in [0.25, 0.3) is 5.91 Å². The highest BCUT2D eigenvalue weighted by Gasteiger charge is 2.39. The Balaban J connectivity index is 1.66. The van der Waals surface area contributed by atoms with Gasteiger partial charge in [0.2, 0.25) is 11.2 Å². The molecule has 2 aromatic carbocycles. The molecule has 0 bridgehead atoms. The number of rotatable bonds is 7. The molecule has 0 radical (unpaired) electrons. The summed E-state index contributed by atoms with van der Waals surface area (Å²) in [6, 6.07) is 8.05. The highest BCUT2D eigenvalue weighted by molar-refractivity contribution is 5.85. The van der Waals surface area contributed by atoms with E-state index in [2.05, 4.69) is 5.32 Å². The minimum Gasteiger partial charge on any atom is -0.493 e. The molecule has 1 aliphatic carbocycles. The number of methoxy groups -OCH3 is 2. The Bertz CT molecular complexity index is 1310. The molecule has 0 saturated heterocycles. The van der Waals surface area contributed by atoms with Crippen LogP contribution in [0.25, 0.3) is 22.1 Å². The van der Waals surface area contributed by atoms with Crippen molar-refractivity contribution in [3.63, 3.8) is 0 Å². The topological polar surface area (TPSA) is 87.0 Å². The molecule has 4 rings (SSSR count). The van der Waals surface area contributed by atoms with Crippen LogP contribution in [0.2, 0.25) is 0 Å². The van der Waals surface area contributed by atoms with E-state index in [0.717, 1.165) is 32.1 Å². The van der Waals surface area contributed by atoms with Crippen molar-refractivity contribution in [2.24, 2.45) is 0 Å². The van der Waals surface area contributed by atoms with E-state index < -0.39 is 22.9 Å². The number of carbonyl (C=O) groups excluding carboxylic acids is 1. The number of ether oxygens (including phenoxy) is 3. The molecule has 1 saturated carbocycles. The van der Waals surface area contributed by atoms with Gasteiger partial charge in [-0.3, -0.25) is 9.59 Å². The number of hydrogen-bond donors (Lipinski definition) is 1. The zero-order chi connectivity index (χ0) is 25.9. The Morgan fingerprint density at radius 2 is 1.75 bits per heavy atom. The molecule has 0 atom stereocenters. The molecule has 1 amide bonds. The Morgan fingerprint density at radius 1 is 1.03 bits per heavy atom. The minimum atomic E-state index is -4.95. The molecular weight excluding hydrogens is 479 g/mol. The van der Waals surface area contributed by atoms with E-state index >= 15 is 0 Å². The van der Waals surface area contributed by atoms with Crippen LogP contribution in [0.15, 0.2) is 45.6 Å². The van der Waals surface area contributed by atoms with E-state index in [4.69, 9.17) is 18.6 Å². The molecule has 3 aromatic rings. The fraction of sp³-hybridized carbons (Fsp3) is 0.385. The number of halogens is 3. The Hall–Kier alpha value is -3.69. The van der Waals surface area contributed by atoms with E-state index in [0.29, 0.717) is 5.75 Å². The van der Waals surface area contributed by atoms with Crippen LogP contribution in [-0.2, 0) is 11.0 Å². The second kappa shape index (κ2) is 10.5. The molecular formula is C26H26F3NO6. The van der Waals surface area contributed by atoms with Crippen molar-refractivity contribution in [2.75, 3.05) is 20.8 Å². The van der Waals surface area contributed by atoms with E-state index in [9.17, 15) is 22.8 Å². The second-order valence-corrected chi connectivity index (χ2v) is 8.55. The third-order valence-electron chi connectivity index (χ3n) is 6.13. The van der Waals surface area contributed by atoms with Gasteiger partial charge in [-0.15, -0.1) is 0 Å². The van der Waals surface area contributed by atoms with E-state index in [1.54, 1.807) is 0 Å². The number of nitrogens with one attached hydrogen (secondary N) is 1. The van der Waals surface area contributed by atoms with Gasteiger partial charge in [0.1, 0.15) is 11.3 Å². The SMILES string of the molecule is COc1ccc(-c2c(C(F)(F)F)oc3cc(OCC(=O)NC4CCCCC4)ccc3c2=O)cc1OC. The molecule has 0 spiro atoms. The minimum absolute atomic E-state index is 0.0321. The highest BCUT2D eigenvalue weighted by atomic mass is 19.4. The van der Waals surface area contributed by atoms with Gasteiger partial charge in [0.15, 0.2) is 18.1 Å². The lowest BCUT2D eigenvalue weighted by Crippen LogP contribution is -2.38. The molecule has 1 fully saturated rings. The molecule has 192 valence electrons. The first-order valence-corrected chi connectivity index (χ1v) is 11.5. The summed E-state index contributed by atoms with van der Waals surface area (Å²) in [5.41, 5.74) is -1.84. The summed E-state index contributed by atoms with van der Waals surface area (Å²) in [6.07, 6.45) is 0.140. The summed E-state index contributed by atoms with van der Waals surface area (Å²) in [5.74, 6) is -1.19. The predicted octanol–water partition coefficient (Wildman–Crippen LogP) is 5.32. The third-order valence-corrected chi connectivity index (χ3v) is 6.13. The number of benzene rings is 2. The quantitative estimate of drug-likeness (QED) is 0.468. The summed E-state index contributed by atoms with van der Waals surface area (Å²) >= 11 is 0. The fourth-order valence-electron chi connectivity index (χ4n) is 4.38. The molecule has 1 N–H and O–H groups in total. The van der Waals surface area contributed by atoms with Gasteiger partial charge in [-0.05, 0) is 42.7 Å². The zero-order valence-corrected chi connectivity index (χ0v) is 19.9. The van der Waals surface area contributed by atoms with Gasteiger partial charge in [-0.2, -0.15) is 13.2 Å². The monoisotopic (exact) mass is 505 g/mol. The molecule has 0 unspecified atom stereocenters. The van der Waals surface area contributed by atoms with Crippen molar-refractivity contribution < 1.29 is 36.6 Å². The van der Waals surface area contributed by atoms with Gasteiger partial charge in [-0.25, -0.2) is 0 Å². The van der Waals surface area contributed by atoms with Crippen molar-refractivity contribution in [3.05, 3.63) is 52.4 Å². The summed E-state index contributed by atoms with van der Waals surface area (Å²) in [7, 11) is 2.73. The van der Waals surface area contributed by atoms with Gasteiger partial charge < -0.3 is 23.9 Å². The highest BCUT2D eigenvalue weighted by Crippen LogP contribution is 2.40. The van der Waals surface area contributed by atoms with E-state index in [1.165, 1.54) is 50.6 Å². The lowest BCUT2D eigenvalue weighted by Gasteiger charge is -2.22. The molecule has 1 aromatic heterocycles. The maximum absolute atomic E-state index is 14.0. The van der Waals surface area contributed by atoms with Gasteiger partial charge in [0.05, 0.1) is 25.2 Å². The van der Waals surface area contributed by atoms with Crippen LogP contribution in [0.1, 0.15) is 37.9 Å². The molecule has 10 heteroatoms. The zero-order valence-electron chi connectivity index (χ0n) is 19.9. The maximum Gasteiger partial charge on any atom is 0.450 e. The largest absolute Gasteiger partial charge is 0.493 e. The second-order valence-electron chi connectivity index (χ2n) is 8.55.